The number of methoxy groups -OCH3 is 1. The molecular formula is C17H20O5. The van der Waals surface area contributed by atoms with Gasteiger partial charge in [0.05, 0.1) is 17.1 Å². The molecule has 3 atom stereocenters. The van der Waals surface area contributed by atoms with Gasteiger partial charge < -0.3 is 14.9 Å². The van der Waals surface area contributed by atoms with Crippen LogP contribution in [0, 0.1) is 11.3 Å². The van der Waals surface area contributed by atoms with E-state index in [-0.39, 0.29) is 17.6 Å². The molecule has 1 saturated carbocycles. The second-order valence-electron chi connectivity index (χ2n) is 6.25. The molecule has 0 aromatic carbocycles. The molecule has 0 aromatic rings. The van der Waals surface area contributed by atoms with Crippen LogP contribution >= 0.6 is 0 Å². The first-order chi connectivity index (χ1) is 10.5. The molecule has 3 aliphatic carbocycles. The summed E-state index contributed by atoms with van der Waals surface area (Å²) in [5, 5.41) is 19.5. The summed E-state index contributed by atoms with van der Waals surface area (Å²) in [4.78, 5) is 23.8. The van der Waals surface area contributed by atoms with Crippen LogP contribution in [0.15, 0.2) is 34.9 Å². The lowest BCUT2D eigenvalue weighted by atomic mass is 9.55. The predicted octanol–water partition coefficient (Wildman–Crippen LogP) is 2.54. The Kier molecular flexibility index (Phi) is 3.68. The second-order valence-corrected chi connectivity index (χ2v) is 6.25. The van der Waals surface area contributed by atoms with Crippen LogP contribution in [0.4, 0.5) is 0 Å². The van der Waals surface area contributed by atoms with Crippen LogP contribution in [-0.2, 0) is 14.3 Å². The molecule has 5 nitrogen and oxygen atoms in total. The summed E-state index contributed by atoms with van der Waals surface area (Å²) in [7, 11) is 1.59. The van der Waals surface area contributed by atoms with E-state index in [9.17, 15) is 19.8 Å². The van der Waals surface area contributed by atoms with Gasteiger partial charge in [0.2, 0.25) is 0 Å². The van der Waals surface area contributed by atoms with E-state index in [0.29, 0.717) is 24.8 Å². The van der Waals surface area contributed by atoms with Crippen LogP contribution in [0.1, 0.15) is 32.1 Å². The minimum atomic E-state index is -0.988. The van der Waals surface area contributed by atoms with Gasteiger partial charge in [0.1, 0.15) is 0 Å². The summed E-state index contributed by atoms with van der Waals surface area (Å²) < 4.78 is 5.37. The van der Waals surface area contributed by atoms with Gasteiger partial charge >= 0.3 is 11.9 Å². The molecule has 0 bridgehead atoms. The SMILES string of the molecule is COC1C=CC2=C(C(=O)O)C=C3CCCCC3(C(=O)O)C2C1. The largest absolute Gasteiger partial charge is 0.481 e. The lowest BCUT2D eigenvalue weighted by molar-refractivity contribution is -0.151. The molecule has 0 spiro atoms. The fourth-order valence-corrected chi connectivity index (χ4v) is 4.22. The van der Waals surface area contributed by atoms with Crippen molar-refractivity contribution in [1.82, 2.24) is 0 Å². The molecule has 0 heterocycles. The third kappa shape index (κ3) is 2.03. The van der Waals surface area contributed by atoms with E-state index in [4.69, 9.17) is 4.74 Å². The molecule has 5 heteroatoms. The summed E-state index contributed by atoms with van der Waals surface area (Å²) in [5.41, 5.74) is 0.676. The van der Waals surface area contributed by atoms with E-state index in [0.717, 1.165) is 18.4 Å². The Hall–Kier alpha value is -1.88. The average Bonchev–Trinajstić information content (AvgIpc) is 2.52. The Morgan fingerprint density at radius 2 is 2.09 bits per heavy atom. The van der Waals surface area contributed by atoms with Crippen molar-refractivity contribution in [1.29, 1.82) is 0 Å². The number of fused-ring (bicyclic) bond motifs is 3. The molecular weight excluding hydrogens is 284 g/mol. The summed E-state index contributed by atoms with van der Waals surface area (Å²) in [6.45, 7) is 0. The zero-order valence-electron chi connectivity index (χ0n) is 12.5. The molecule has 3 aliphatic rings. The first-order valence-corrected chi connectivity index (χ1v) is 7.63. The highest BCUT2D eigenvalue weighted by Gasteiger charge is 2.54. The molecule has 22 heavy (non-hydrogen) atoms. The third-order valence-electron chi connectivity index (χ3n) is 5.31. The van der Waals surface area contributed by atoms with Crippen molar-refractivity contribution in [3.63, 3.8) is 0 Å². The zero-order valence-corrected chi connectivity index (χ0v) is 12.5. The molecule has 3 unspecified atom stereocenters. The summed E-state index contributed by atoms with van der Waals surface area (Å²) >= 11 is 0. The quantitative estimate of drug-likeness (QED) is 0.837. The molecule has 0 radical (unpaired) electrons. The van der Waals surface area contributed by atoms with Crippen molar-refractivity contribution >= 4 is 11.9 Å². The number of hydrogen-bond acceptors (Lipinski definition) is 3. The Bertz CT molecular complexity index is 613. The average molecular weight is 304 g/mol. The first kappa shape index (κ1) is 15.0. The van der Waals surface area contributed by atoms with Crippen molar-refractivity contribution in [3.05, 3.63) is 34.9 Å². The van der Waals surface area contributed by atoms with Gasteiger partial charge in [-0.25, -0.2) is 4.79 Å². The highest BCUT2D eigenvalue weighted by atomic mass is 16.5. The predicted molar refractivity (Wildman–Crippen MR) is 79.3 cm³/mol. The molecule has 0 amide bonds. The van der Waals surface area contributed by atoms with Gasteiger partial charge in [-0.2, -0.15) is 0 Å². The van der Waals surface area contributed by atoms with Crippen molar-refractivity contribution < 1.29 is 24.5 Å². The van der Waals surface area contributed by atoms with Gasteiger partial charge in [-0.05, 0) is 37.3 Å². The number of rotatable bonds is 3. The molecule has 0 saturated heterocycles. The van der Waals surface area contributed by atoms with E-state index in [2.05, 4.69) is 0 Å². The zero-order chi connectivity index (χ0) is 15.9. The van der Waals surface area contributed by atoms with E-state index in [1.807, 2.05) is 6.08 Å². The Balaban J connectivity index is 2.19. The number of allylic oxidation sites excluding steroid dienone is 2. The maximum atomic E-state index is 12.2. The van der Waals surface area contributed by atoms with Crippen LogP contribution < -0.4 is 0 Å². The topological polar surface area (TPSA) is 83.8 Å². The third-order valence-corrected chi connectivity index (χ3v) is 5.31. The number of carboxylic acid groups (broad SMARTS) is 2. The summed E-state index contributed by atoms with van der Waals surface area (Å²) in [6, 6.07) is 0. The van der Waals surface area contributed by atoms with Gasteiger partial charge in [-0.3, -0.25) is 4.79 Å². The molecule has 0 aliphatic heterocycles. The molecule has 3 rings (SSSR count). The maximum Gasteiger partial charge on any atom is 0.335 e. The number of aliphatic carboxylic acids is 2. The van der Waals surface area contributed by atoms with E-state index in [1.165, 1.54) is 0 Å². The van der Waals surface area contributed by atoms with Gasteiger partial charge in [0.25, 0.3) is 0 Å². The maximum absolute atomic E-state index is 12.2. The number of hydrogen-bond donors (Lipinski definition) is 2. The fourth-order valence-electron chi connectivity index (χ4n) is 4.22. The minimum Gasteiger partial charge on any atom is -0.481 e. The Labute approximate surface area is 129 Å². The number of ether oxygens (including phenoxy) is 1. The van der Waals surface area contributed by atoms with E-state index >= 15 is 0 Å². The molecule has 1 fully saturated rings. The van der Waals surface area contributed by atoms with Crippen molar-refractivity contribution in [2.45, 2.75) is 38.2 Å². The van der Waals surface area contributed by atoms with Gasteiger partial charge in [0.15, 0.2) is 0 Å². The van der Waals surface area contributed by atoms with Crippen LogP contribution in [0.25, 0.3) is 0 Å². The van der Waals surface area contributed by atoms with Crippen LogP contribution in [0.3, 0.4) is 0 Å². The number of carbonyl (C=O) groups is 2. The van der Waals surface area contributed by atoms with Gasteiger partial charge in [-0.1, -0.05) is 24.1 Å². The van der Waals surface area contributed by atoms with Crippen molar-refractivity contribution in [2.75, 3.05) is 7.11 Å². The van der Waals surface area contributed by atoms with Gasteiger partial charge in [-0.15, -0.1) is 0 Å². The van der Waals surface area contributed by atoms with E-state index in [1.54, 1.807) is 19.3 Å². The molecule has 0 aromatic heterocycles. The summed E-state index contributed by atoms with van der Waals surface area (Å²) in [5.74, 6) is -2.15. The number of carboxylic acids is 2. The smallest absolute Gasteiger partial charge is 0.335 e. The normalized spacial score (nSPS) is 33.8. The first-order valence-electron chi connectivity index (χ1n) is 7.63. The summed E-state index contributed by atoms with van der Waals surface area (Å²) in [6.07, 6.45) is 8.54. The molecule has 2 N–H and O–H groups in total. The fraction of sp³-hybridized carbons (Fsp3) is 0.529. The Morgan fingerprint density at radius 1 is 1.32 bits per heavy atom. The van der Waals surface area contributed by atoms with Crippen LogP contribution in [-0.4, -0.2) is 35.4 Å². The minimum absolute atomic E-state index is 0.165. The second kappa shape index (κ2) is 5.39. The monoisotopic (exact) mass is 304 g/mol. The van der Waals surface area contributed by atoms with Crippen LogP contribution in [0.5, 0.6) is 0 Å². The highest BCUT2D eigenvalue weighted by Crippen LogP contribution is 2.55. The van der Waals surface area contributed by atoms with Crippen LogP contribution in [0.2, 0.25) is 0 Å². The van der Waals surface area contributed by atoms with Crippen molar-refractivity contribution in [3.8, 4) is 0 Å². The van der Waals surface area contributed by atoms with Gasteiger partial charge in [0, 0.05) is 13.0 Å². The van der Waals surface area contributed by atoms with Crippen molar-refractivity contribution in [2.24, 2.45) is 11.3 Å². The Morgan fingerprint density at radius 3 is 2.73 bits per heavy atom. The highest BCUT2D eigenvalue weighted by molar-refractivity contribution is 5.94. The lowest BCUT2D eigenvalue weighted by Gasteiger charge is -2.47. The van der Waals surface area contributed by atoms with E-state index < -0.39 is 17.4 Å². The standard InChI is InChI=1S/C17H20O5/c1-22-11-5-6-12-13(15(18)19)8-10-4-2-3-7-17(10,16(20)21)14(12)9-11/h5-6,8,11,14H,2-4,7,9H2,1H3,(H,18,19)(H,20,21). The molecule has 118 valence electrons. The lowest BCUT2D eigenvalue weighted by Crippen LogP contribution is -2.47.